The Morgan fingerprint density at radius 2 is 1.72 bits per heavy atom. The van der Waals surface area contributed by atoms with Gasteiger partial charge in [-0.1, -0.05) is 47.0 Å². The Kier molecular flexibility index (Phi) is 10.6. The molecule has 1 saturated heterocycles. The highest BCUT2D eigenvalue weighted by Crippen LogP contribution is 2.24. The summed E-state index contributed by atoms with van der Waals surface area (Å²) in [4.78, 5) is 39.8. The highest BCUT2D eigenvalue weighted by Gasteiger charge is 2.39. The first kappa shape index (κ1) is 25.4. The van der Waals surface area contributed by atoms with Gasteiger partial charge in [-0.3, -0.25) is 14.4 Å². The molecule has 0 saturated carbocycles. The minimum absolute atomic E-state index is 0.208. The Bertz CT molecular complexity index is 549. The number of nitrogens with zero attached hydrogens (tertiary/aromatic N) is 1. The lowest BCUT2D eigenvalue weighted by molar-refractivity contribution is -0.176. The van der Waals surface area contributed by atoms with Crippen molar-refractivity contribution in [3.8, 4) is 0 Å². The molecule has 0 bridgehead atoms. The fourth-order valence-electron chi connectivity index (χ4n) is 3.69. The molecule has 1 fully saturated rings. The van der Waals surface area contributed by atoms with Crippen LogP contribution in [0.2, 0.25) is 0 Å². The minimum Gasteiger partial charge on any atom is -0.461 e. The third-order valence-corrected chi connectivity index (χ3v) is 5.65. The van der Waals surface area contributed by atoms with Crippen LogP contribution in [0, 0.1) is 11.8 Å². The fraction of sp³-hybridized carbons (Fsp3) is 0.864. The van der Waals surface area contributed by atoms with Crippen molar-refractivity contribution in [3.63, 3.8) is 0 Å². The van der Waals surface area contributed by atoms with Crippen LogP contribution in [0.5, 0.6) is 0 Å². The molecule has 1 aliphatic rings. The first-order chi connectivity index (χ1) is 13.6. The maximum atomic E-state index is 13.1. The number of carbonyl (C=O) groups is 3. The smallest absolute Gasteiger partial charge is 0.313 e. The number of amides is 1. The number of carbonyl (C=O) groups excluding carboxylic acids is 3. The van der Waals surface area contributed by atoms with Crippen LogP contribution in [0.3, 0.4) is 0 Å². The molecule has 0 aromatic carbocycles. The molecule has 29 heavy (non-hydrogen) atoms. The van der Waals surface area contributed by atoms with Gasteiger partial charge < -0.3 is 19.5 Å². The van der Waals surface area contributed by atoms with E-state index in [1.165, 1.54) is 4.90 Å². The molecule has 7 nitrogen and oxygen atoms in total. The van der Waals surface area contributed by atoms with E-state index >= 15 is 0 Å². The number of cyclic esters (lactones) is 2. The molecular formula is C22H39NO6. The van der Waals surface area contributed by atoms with Gasteiger partial charge in [-0.2, -0.15) is 0 Å². The van der Waals surface area contributed by atoms with Gasteiger partial charge in [0.25, 0.3) is 5.91 Å². The van der Waals surface area contributed by atoms with E-state index in [4.69, 9.17) is 9.47 Å². The van der Waals surface area contributed by atoms with Crippen LogP contribution in [-0.2, 0) is 23.9 Å². The number of aliphatic hydroxyl groups excluding tert-OH is 1. The van der Waals surface area contributed by atoms with Gasteiger partial charge in [-0.15, -0.1) is 0 Å². The number of unbranched alkanes of at least 4 members (excludes halogenated alkanes) is 2. The van der Waals surface area contributed by atoms with E-state index in [1.54, 1.807) is 14.0 Å². The summed E-state index contributed by atoms with van der Waals surface area (Å²) in [7, 11) is 1.59. The quantitative estimate of drug-likeness (QED) is 0.509. The van der Waals surface area contributed by atoms with Gasteiger partial charge in [-0.05, 0) is 32.1 Å². The largest absolute Gasteiger partial charge is 0.461 e. The number of likely N-dealkylation sites (N-methyl/N-ethyl adjacent to an activating group) is 1. The number of hydrogen-bond donors (Lipinski definition) is 1. The summed E-state index contributed by atoms with van der Waals surface area (Å²) in [6.07, 6.45) is 1.80. The van der Waals surface area contributed by atoms with Crippen LogP contribution in [0.15, 0.2) is 0 Å². The van der Waals surface area contributed by atoms with Gasteiger partial charge in [0, 0.05) is 7.05 Å². The molecule has 0 aromatic rings. The second kappa shape index (κ2) is 12.2. The number of hydrogen-bond acceptors (Lipinski definition) is 6. The molecule has 2 unspecified atom stereocenters. The van der Waals surface area contributed by atoms with Crippen molar-refractivity contribution >= 4 is 17.8 Å². The first-order valence-electron chi connectivity index (χ1n) is 11.0. The van der Waals surface area contributed by atoms with Crippen molar-refractivity contribution in [1.29, 1.82) is 0 Å². The predicted molar refractivity (Wildman–Crippen MR) is 110 cm³/mol. The molecule has 1 aliphatic heterocycles. The fourth-order valence-corrected chi connectivity index (χ4v) is 3.69. The zero-order valence-electron chi connectivity index (χ0n) is 18.8. The molecule has 0 aromatic heterocycles. The Balaban J connectivity index is 3.21. The monoisotopic (exact) mass is 413 g/mol. The molecule has 1 amide bonds. The van der Waals surface area contributed by atoms with E-state index in [2.05, 4.69) is 6.92 Å². The molecule has 1 N–H and O–H groups in total. The van der Waals surface area contributed by atoms with Crippen LogP contribution in [0.4, 0.5) is 0 Å². The third kappa shape index (κ3) is 7.28. The Hall–Kier alpha value is -1.63. The second-order valence-corrected chi connectivity index (χ2v) is 8.49. The van der Waals surface area contributed by atoms with Gasteiger partial charge in [0.15, 0.2) is 6.10 Å². The Labute approximate surface area is 175 Å². The van der Waals surface area contributed by atoms with Gasteiger partial charge >= 0.3 is 11.9 Å². The molecular weight excluding hydrogens is 374 g/mol. The lowest BCUT2D eigenvalue weighted by atomic mass is 9.96. The maximum absolute atomic E-state index is 13.1. The van der Waals surface area contributed by atoms with Crippen LogP contribution >= 0.6 is 0 Å². The molecule has 0 radical (unpaired) electrons. The number of esters is 2. The summed E-state index contributed by atoms with van der Waals surface area (Å²) in [6, 6.07) is -0.546. The lowest BCUT2D eigenvalue weighted by Gasteiger charge is -2.36. The summed E-state index contributed by atoms with van der Waals surface area (Å²) >= 11 is 0. The number of rotatable bonds is 7. The SMILES string of the molecule is CCCCCC1OC(=O)C[C@@H](O)[C@H](CCC)N(C)C(=O)C(C(C)C)OC(=O)[C@H]1C. The zero-order valence-corrected chi connectivity index (χ0v) is 18.8. The summed E-state index contributed by atoms with van der Waals surface area (Å²) < 4.78 is 11.2. The van der Waals surface area contributed by atoms with Gasteiger partial charge in [0.1, 0.15) is 6.10 Å². The van der Waals surface area contributed by atoms with Crippen LogP contribution < -0.4 is 0 Å². The second-order valence-electron chi connectivity index (χ2n) is 8.49. The average molecular weight is 414 g/mol. The van der Waals surface area contributed by atoms with E-state index in [9.17, 15) is 19.5 Å². The summed E-state index contributed by atoms with van der Waals surface area (Å²) in [5.41, 5.74) is 0. The van der Waals surface area contributed by atoms with Crippen molar-refractivity contribution in [3.05, 3.63) is 0 Å². The van der Waals surface area contributed by atoms with Crippen molar-refractivity contribution in [2.45, 2.75) is 104 Å². The average Bonchev–Trinajstić information content (AvgIpc) is 2.66. The van der Waals surface area contributed by atoms with Crippen molar-refractivity contribution in [2.24, 2.45) is 11.8 Å². The van der Waals surface area contributed by atoms with Crippen LogP contribution in [0.25, 0.3) is 0 Å². The van der Waals surface area contributed by atoms with E-state index < -0.39 is 42.2 Å². The van der Waals surface area contributed by atoms with E-state index in [0.717, 1.165) is 25.7 Å². The molecule has 0 spiro atoms. The molecule has 168 valence electrons. The van der Waals surface area contributed by atoms with Crippen molar-refractivity contribution in [2.75, 3.05) is 7.05 Å². The highest BCUT2D eigenvalue weighted by molar-refractivity contribution is 5.85. The Morgan fingerprint density at radius 3 is 2.28 bits per heavy atom. The van der Waals surface area contributed by atoms with Crippen LogP contribution in [0.1, 0.15) is 79.6 Å². The topological polar surface area (TPSA) is 93.1 Å². The van der Waals surface area contributed by atoms with Crippen LogP contribution in [-0.4, -0.2) is 59.3 Å². The standard InChI is InChI=1S/C22H39NO6/c1-7-9-10-12-18-15(5)22(27)29-20(14(3)4)21(26)23(6)16(11-8-2)17(24)13-19(25)28-18/h14-18,20,24H,7-13H2,1-6H3/t15-,16-,17+,18?,20?/m0/s1. The zero-order chi connectivity index (χ0) is 22.1. The highest BCUT2D eigenvalue weighted by atomic mass is 16.6. The first-order valence-corrected chi connectivity index (χ1v) is 11.0. The molecule has 7 heteroatoms. The number of aliphatic hydroxyl groups is 1. The summed E-state index contributed by atoms with van der Waals surface area (Å²) in [5, 5.41) is 10.7. The van der Waals surface area contributed by atoms with Crippen molar-refractivity contribution < 1.29 is 29.0 Å². The molecule has 0 aliphatic carbocycles. The predicted octanol–water partition coefficient (Wildman–Crippen LogP) is 3.07. The lowest BCUT2D eigenvalue weighted by Crippen LogP contribution is -2.52. The van der Waals surface area contributed by atoms with E-state index in [0.29, 0.717) is 12.8 Å². The Morgan fingerprint density at radius 1 is 1.07 bits per heavy atom. The molecule has 1 heterocycles. The maximum Gasteiger partial charge on any atom is 0.313 e. The summed E-state index contributed by atoms with van der Waals surface area (Å²) in [5.74, 6) is -2.34. The minimum atomic E-state index is -1.04. The third-order valence-electron chi connectivity index (χ3n) is 5.65. The normalized spacial score (nSPS) is 29.9. The molecule has 5 atom stereocenters. The molecule has 1 rings (SSSR count). The van der Waals surface area contributed by atoms with Gasteiger partial charge in [-0.25, -0.2) is 0 Å². The van der Waals surface area contributed by atoms with Gasteiger partial charge in [0.05, 0.1) is 24.5 Å². The van der Waals surface area contributed by atoms with Gasteiger partial charge in [0.2, 0.25) is 0 Å². The van der Waals surface area contributed by atoms with Crippen molar-refractivity contribution in [1.82, 2.24) is 4.90 Å². The van der Waals surface area contributed by atoms with E-state index in [1.807, 2.05) is 20.8 Å². The number of ether oxygens (including phenoxy) is 2. The summed E-state index contributed by atoms with van der Waals surface area (Å²) in [6.45, 7) is 9.34. The van der Waals surface area contributed by atoms with E-state index in [-0.39, 0.29) is 18.2 Å².